The molecule has 0 saturated heterocycles. The Labute approximate surface area is 77.8 Å². The summed E-state index contributed by atoms with van der Waals surface area (Å²) in [6, 6.07) is 6.08. The summed E-state index contributed by atoms with van der Waals surface area (Å²) >= 11 is 0. The number of hydrogen-bond donors (Lipinski definition) is 1. The molecule has 0 radical (unpaired) electrons. The number of non-ortho nitro benzene ring substituents is 1. The van der Waals surface area contributed by atoms with E-state index in [9.17, 15) is 10.1 Å². The molecular formula is C6H7N3O5. The molecule has 0 aliphatic carbocycles. The molecule has 0 aliphatic rings. The van der Waals surface area contributed by atoms with Crippen LogP contribution in [0.2, 0.25) is 0 Å². The minimum atomic E-state index is -1.75. The fraction of sp³-hybridized carbons (Fsp3) is 0. The van der Waals surface area contributed by atoms with E-state index in [0.717, 1.165) is 5.69 Å². The lowest BCUT2D eigenvalue weighted by Crippen LogP contribution is -2.39. The average molecular weight is 201 g/mol. The summed E-state index contributed by atoms with van der Waals surface area (Å²) in [7, 11) is 0. The van der Waals surface area contributed by atoms with Gasteiger partial charge in [0.25, 0.3) is 5.69 Å². The molecule has 1 aromatic carbocycles. The van der Waals surface area contributed by atoms with Gasteiger partial charge in [-0.15, -0.1) is 0 Å². The zero-order chi connectivity index (χ0) is 11.1. The topological polar surface area (TPSA) is 137 Å². The first-order valence-corrected chi connectivity index (χ1v) is 3.31. The second-order valence-electron chi connectivity index (χ2n) is 2.15. The smallest absolute Gasteiger partial charge is 0.269 e. The van der Waals surface area contributed by atoms with Crippen molar-refractivity contribution in [2.45, 2.75) is 0 Å². The lowest BCUT2D eigenvalue weighted by molar-refractivity contribution is -0.402. The highest BCUT2D eigenvalue weighted by molar-refractivity contribution is 5.38. The van der Waals surface area contributed by atoms with Gasteiger partial charge in [0.05, 0.1) is 10.0 Å². The summed E-state index contributed by atoms with van der Waals surface area (Å²) < 4.78 is 0. The maximum Gasteiger partial charge on any atom is 0.269 e. The van der Waals surface area contributed by atoms with E-state index >= 15 is 0 Å². The number of nitrogens with zero attached hydrogens (tertiary/aromatic N) is 2. The molecule has 76 valence electrons. The molecule has 3 N–H and O–H groups in total. The molecule has 8 heteroatoms. The number of hydrogen-bond acceptors (Lipinski definition) is 5. The maximum absolute atomic E-state index is 10.1. The lowest BCUT2D eigenvalue weighted by atomic mass is 10.3. The average Bonchev–Trinajstić information content (AvgIpc) is 2.03. The molecule has 0 atom stereocenters. The number of nitro benzene ring substituents is 1. The molecule has 8 nitrogen and oxygen atoms in total. The van der Waals surface area contributed by atoms with Crippen LogP contribution in [0, 0.1) is 25.4 Å². The number of rotatable bonds is 1. The Morgan fingerprint density at radius 1 is 1.00 bits per heavy atom. The highest BCUT2D eigenvalue weighted by atomic mass is 16.9. The SMILES string of the molecule is O=[N+]([O-])[O-].[NH3+]c1ccc([N+](=O)[O-])cc1. The van der Waals surface area contributed by atoms with E-state index in [4.69, 9.17) is 15.3 Å². The van der Waals surface area contributed by atoms with Crippen LogP contribution >= 0.6 is 0 Å². The second kappa shape index (κ2) is 5.43. The van der Waals surface area contributed by atoms with E-state index in [1.165, 1.54) is 12.1 Å². The Bertz CT molecular complexity index is 319. The first kappa shape index (κ1) is 11.8. The van der Waals surface area contributed by atoms with Crippen molar-refractivity contribution in [1.29, 1.82) is 0 Å². The van der Waals surface area contributed by atoms with E-state index in [1.807, 2.05) is 0 Å². The van der Waals surface area contributed by atoms with Crippen LogP contribution in [0.5, 0.6) is 0 Å². The van der Waals surface area contributed by atoms with Crippen LogP contribution in [0.15, 0.2) is 24.3 Å². The molecule has 0 bridgehead atoms. The molecule has 0 unspecified atom stereocenters. The van der Waals surface area contributed by atoms with E-state index in [2.05, 4.69) is 5.73 Å². The Kier molecular flexibility index (Phi) is 4.57. The first-order valence-electron chi connectivity index (χ1n) is 3.31. The third-order valence-electron chi connectivity index (χ3n) is 1.15. The summed E-state index contributed by atoms with van der Waals surface area (Å²) in [6.45, 7) is 0. The van der Waals surface area contributed by atoms with Crippen molar-refractivity contribution in [1.82, 2.24) is 0 Å². The van der Waals surface area contributed by atoms with Crippen LogP contribution in [0.25, 0.3) is 0 Å². The van der Waals surface area contributed by atoms with Crippen LogP contribution in [-0.2, 0) is 0 Å². The minimum absolute atomic E-state index is 0.104. The van der Waals surface area contributed by atoms with E-state index in [0.29, 0.717) is 0 Å². The van der Waals surface area contributed by atoms with Crippen LogP contribution in [0.4, 0.5) is 11.4 Å². The second-order valence-corrected chi connectivity index (χ2v) is 2.15. The summed E-state index contributed by atoms with van der Waals surface area (Å²) in [5.41, 5.74) is 4.49. The fourth-order valence-electron chi connectivity index (χ4n) is 0.618. The minimum Gasteiger partial charge on any atom is -0.356 e. The van der Waals surface area contributed by atoms with Crippen LogP contribution in [0.1, 0.15) is 0 Å². The van der Waals surface area contributed by atoms with Gasteiger partial charge in [0, 0.05) is 24.3 Å². The maximum atomic E-state index is 10.1. The summed E-state index contributed by atoms with van der Waals surface area (Å²) in [5.74, 6) is 0. The standard InChI is InChI=1S/C6H6N2O2.NO3/c7-5-1-3-6(4-2-5)8(9)10;2-1(3)4/h1-4H,7H2;/q;-1/p+1. The fourth-order valence-corrected chi connectivity index (χ4v) is 0.618. The molecule has 14 heavy (non-hydrogen) atoms. The number of quaternary nitrogens is 1. The van der Waals surface area contributed by atoms with Gasteiger partial charge >= 0.3 is 0 Å². The van der Waals surface area contributed by atoms with Gasteiger partial charge in [0.1, 0.15) is 5.69 Å². The van der Waals surface area contributed by atoms with Crippen molar-refractivity contribution < 1.29 is 15.7 Å². The predicted molar refractivity (Wildman–Crippen MR) is 46.0 cm³/mol. The Morgan fingerprint density at radius 2 is 1.36 bits per heavy atom. The Hall–Kier alpha value is -2.22. The van der Waals surface area contributed by atoms with E-state index in [1.54, 1.807) is 12.1 Å². The summed E-state index contributed by atoms with van der Waals surface area (Å²) in [6.07, 6.45) is 0. The molecule has 1 aromatic rings. The van der Waals surface area contributed by atoms with Crippen LogP contribution in [-0.4, -0.2) is 10.0 Å². The highest BCUT2D eigenvalue weighted by Crippen LogP contribution is 2.11. The number of benzene rings is 1. The van der Waals surface area contributed by atoms with Gasteiger partial charge in [-0.3, -0.25) is 10.1 Å². The summed E-state index contributed by atoms with van der Waals surface area (Å²) in [5, 5.41) is 24.8. The van der Waals surface area contributed by atoms with E-state index in [-0.39, 0.29) is 5.69 Å². The first-order chi connectivity index (χ1) is 6.43. The van der Waals surface area contributed by atoms with E-state index < -0.39 is 10.0 Å². The molecule has 0 saturated carbocycles. The molecule has 0 heterocycles. The zero-order valence-electron chi connectivity index (χ0n) is 6.95. The molecule has 0 fully saturated rings. The molecular weight excluding hydrogens is 194 g/mol. The van der Waals surface area contributed by atoms with Crippen LogP contribution in [0.3, 0.4) is 0 Å². The van der Waals surface area contributed by atoms with Crippen LogP contribution < -0.4 is 5.73 Å². The molecule has 0 amide bonds. The van der Waals surface area contributed by atoms with Gasteiger partial charge in [-0.1, -0.05) is 0 Å². The molecule has 0 aromatic heterocycles. The van der Waals surface area contributed by atoms with Gasteiger partial charge < -0.3 is 21.1 Å². The Morgan fingerprint density at radius 3 is 1.64 bits per heavy atom. The normalized spacial score (nSPS) is 8.36. The van der Waals surface area contributed by atoms with Crippen molar-refractivity contribution in [3.05, 3.63) is 49.7 Å². The van der Waals surface area contributed by atoms with Crippen molar-refractivity contribution in [3.63, 3.8) is 0 Å². The quantitative estimate of drug-likeness (QED) is 0.511. The van der Waals surface area contributed by atoms with Crippen molar-refractivity contribution in [2.75, 3.05) is 0 Å². The Balaban J connectivity index is 0.000000364. The predicted octanol–water partition coefficient (Wildman–Crippen LogP) is 0.229. The van der Waals surface area contributed by atoms with Gasteiger partial charge in [-0.25, -0.2) is 0 Å². The van der Waals surface area contributed by atoms with Gasteiger partial charge in [0.2, 0.25) is 0 Å². The third kappa shape index (κ3) is 5.43. The zero-order valence-corrected chi connectivity index (χ0v) is 6.95. The van der Waals surface area contributed by atoms with Crippen molar-refractivity contribution >= 4 is 11.4 Å². The molecule has 1 rings (SSSR count). The summed E-state index contributed by atoms with van der Waals surface area (Å²) in [4.78, 5) is 17.9. The third-order valence-corrected chi connectivity index (χ3v) is 1.15. The highest BCUT2D eigenvalue weighted by Gasteiger charge is 2.02. The monoisotopic (exact) mass is 201 g/mol. The largest absolute Gasteiger partial charge is 0.356 e. The number of nitro groups is 1. The molecule has 0 spiro atoms. The molecule has 0 aliphatic heterocycles. The van der Waals surface area contributed by atoms with Gasteiger partial charge in [0.15, 0.2) is 0 Å². The lowest BCUT2D eigenvalue weighted by Gasteiger charge is -1.87. The van der Waals surface area contributed by atoms with Crippen molar-refractivity contribution in [3.8, 4) is 0 Å². The van der Waals surface area contributed by atoms with Crippen molar-refractivity contribution in [2.24, 2.45) is 0 Å². The van der Waals surface area contributed by atoms with Gasteiger partial charge in [-0.2, -0.15) is 0 Å². The van der Waals surface area contributed by atoms with Gasteiger partial charge in [-0.05, 0) is 0 Å².